The predicted molar refractivity (Wildman–Crippen MR) is 87.3 cm³/mol. The maximum absolute atomic E-state index is 12.6. The molecule has 6 heteroatoms. The molecule has 4 nitrogen and oxygen atoms in total. The van der Waals surface area contributed by atoms with Crippen molar-refractivity contribution < 1.29 is 8.42 Å². The highest BCUT2D eigenvalue weighted by Gasteiger charge is 2.20. The van der Waals surface area contributed by atoms with Crippen LogP contribution in [0.15, 0.2) is 35.2 Å². The first kappa shape index (κ1) is 15.7. The summed E-state index contributed by atoms with van der Waals surface area (Å²) in [6, 6.07) is 8.36. The lowest BCUT2D eigenvalue weighted by Gasteiger charge is -2.14. The van der Waals surface area contributed by atoms with Crippen LogP contribution in [-0.4, -0.2) is 8.42 Å². The van der Waals surface area contributed by atoms with Crippen molar-refractivity contribution in [1.29, 1.82) is 0 Å². The average Bonchev–Trinajstić information content (AvgIpc) is 2.37. The molecule has 0 spiro atoms. The van der Waals surface area contributed by atoms with Gasteiger partial charge >= 0.3 is 0 Å². The second-order valence-electron chi connectivity index (χ2n) is 5.05. The second kappa shape index (κ2) is 5.58. The Hall–Kier alpha value is -1.72. The third kappa shape index (κ3) is 3.31. The number of nitrogen functional groups attached to an aromatic ring is 1. The largest absolute Gasteiger partial charge is 0.399 e. The molecule has 112 valence electrons. The monoisotopic (exact) mass is 324 g/mol. The number of anilines is 2. The van der Waals surface area contributed by atoms with E-state index in [1.54, 1.807) is 25.1 Å². The van der Waals surface area contributed by atoms with Gasteiger partial charge in [-0.2, -0.15) is 0 Å². The van der Waals surface area contributed by atoms with Gasteiger partial charge in [-0.25, -0.2) is 8.42 Å². The van der Waals surface area contributed by atoms with Crippen LogP contribution in [0, 0.1) is 20.8 Å². The van der Waals surface area contributed by atoms with Crippen molar-refractivity contribution in [3.63, 3.8) is 0 Å². The molecule has 0 unspecified atom stereocenters. The van der Waals surface area contributed by atoms with E-state index in [1.807, 2.05) is 19.9 Å². The van der Waals surface area contributed by atoms with Gasteiger partial charge in [0.25, 0.3) is 10.0 Å². The van der Waals surface area contributed by atoms with Crippen molar-refractivity contribution in [3.8, 4) is 0 Å². The van der Waals surface area contributed by atoms with E-state index in [4.69, 9.17) is 17.3 Å². The fourth-order valence-corrected chi connectivity index (χ4v) is 3.69. The maximum Gasteiger partial charge on any atom is 0.262 e. The minimum Gasteiger partial charge on any atom is -0.399 e. The first-order chi connectivity index (χ1) is 9.70. The zero-order valence-corrected chi connectivity index (χ0v) is 13.6. The lowest BCUT2D eigenvalue weighted by atomic mass is 10.1. The maximum atomic E-state index is 12.6. The Bertz CT molecular complexity index is 802. The van der Waals surface area contributed by atoms with E-state index < -0.39 is 10.0 Å². The van der Waals surface area contributed by atoms with E-state index in [9.17, 15) is 8.42 Å². The summed E-state index contributed by atoms with van der Waals surface area (Å²) in [6.07, 6.45) is 0. The van der Waals surface area contributed by atoms with Crippen LogP contribution in [0.1, 0.15) is 16.7 Å². The number of sulfonamides is 1. The number of hydrogen-bond donors (Lipinski definition) is 2. The van der Waals surface area contributed by atoms with Crippen LogP contribution < -0.4 is 10.5 Å². The van der Waals surface area contributed by atoms with Gasteiger partial charge in [-0.1, -0.05) is 17.7 Å². The topological polar surface area (TPSA) is 72.2 Å². The number of rotatable bonds is 3. The molecule has 2 rings (SSSR count). The van der Waals surface area contributed by atoms with Crippen molar-refractivity contribution in [2.45, 2.75) is 25.7 Å². The van der Waals surface area contributed by atoms with Crippen LogP contribution in [-0.2, 0) is 10.0 Å². The van der Waals surface area contributed by atoms with Crippen molar-refractivity contribution in [2.75, 3.05) is 10.5 Å². The molecule has 0 aromatic heterocycles. The zero-order valence-electron chi connectivity index (χ0n) is 12.1. The molecule has 0 amide bonds. The first-order valence-corrected chi connectivity index (χ1v) is 8.22. The third-order valence-corrected chi connectivity index (χ3v) is 5.12. The highest BCUT2D eigenvalue weighted by Crippen LogP contribution is 2.28. The molecule has 0 heterocycles. The summed E-state index contributed by atoms with van der Waals surface area (Å²) >= 11 is 6.04. The van der Waals surface area contributed by atoms with Crippen LogP contribution >= 0.6 is 11.6 Å². The predicted octanol–water partition coefficient (Wildman–Crippen LogP) is 3.65. The van der Waals surface area contributed by atoms with E-state index in [2.05, 4.69) is 4.72 Å². The van der Waals surface area contributed by atoms with Crippen molar-refractivity contribution in [1.82, 2.24) is 0 Å². The molecule has 0 aliphatic heterocycles. The summed E-state index contributed by atoms with van der Waals surface area (Å²) in [6.45, 7) is 5.44. The molecule has 0 saturated carbocycles. The molecule has 0 saturated heterocycles. The molecule has 0 aliphatic carbocycles. The smallest absolute Gasteiger partial charge is 0.262 e. The molecule has 0 radical (unpaired) electrons. The number of aryl methyl sites for hydroxylation is 2. The van der Waals surface area contributed by atoms with Crippen molar-refractivity contribution >= 4 is 33.0 Å². The Morgan fingerprint density at radius 1 is 1.10 bits per heavy atom. The average molecular weight is 325 g/mol. The van der Waals surface area contributed by atoms with Crippen LogP contribution in [0.2, 0.25) is 5.02 Å². The minimum atomic E-state index is -3.74. The van der Waals surface area contributed by atoms with Crippen LogP contribution in [0.25, 0.3) is 0 Å². The molecular weight excluding hydrogens is 308 g/mol. The Morgan fingerprint density at radius 2 is 1.76 bits per heavy atom. The van der Waals surface area contributed by atoms with E-state index >= 15 is 0 Å². The van der Waals surface area contributed by atoms with Crippen molar-refractivity contribution in [2.24, 2.45) is 0 Å². The summed E-state index contributed by atoms with van der Waals surface area (Å²) in [5.41, 5.74) is 8.93. The Kier molecular flexibility index (Phi) is 4.16. The normalized spacial score (nSPS) is 11.4. The minimum absolute atomic E-state index is 0.164. The molecule has 3 N–H and O–H groups in total. The fraction of sp³-hybridized carbons (Fsp3) is 0.200. The molecule has 21 heavy (non-hydrogen) atoms. The van der Waals surface area contributed by atoms with Gasteiger partial charge in [0.1, 0.15) is 0 Å². The Balaban J connectivity index is 2.51. The second-order valence-corrected chi connectivity index (χ2v) is 7.11. The number of benzene rings is 2. The van der Waals surface area contributed by atoms with Crippen LogP contribution in [0.4, 0.5) is 11.4 Å². The van der Waals surface area contributed by atoms with Gasteiger partial charge in [0, 0.05) is 5.69 Å². The summed E-state index contributed by atoms with van der Waals surface area (Å²) in [5, 5.41) is 0.349. The van der Waals surface area contributed by atoms with Gasteiger partial charge in [-0.05, 0) is 61.7 Å². The van der Waals surface area contributed by atoms with Crippen molar-refractivity contribution in [3.05, 3.63) is 52.0 Å². The summed E-state index contributed by atoms with van der Waals surface area (Å²) in [4.78, 5) is 0.164. The molecule has 2 aromatic carbocycles. The number of nitrogens with one attached hydrogen (secondary N) is 1. The number of halogens is 1. The fourth-order valence-electron chi connectivity index (χ4n) is 2.05. The van der Waals surface area contributed by atoms with Gasteiger partial charge in [0.2, 0.25) is 0 Å². The van der Waals surface area contributed by atoms with E-state index in [0.717, 1.165) is 11.1 Å². The van der Waals surface area contributed by atoms with E-state index in [1.165, 1.54) is 6.07 Å². The number of hydrogen-bond acceptors (Lipinski definition) is 3. The first-order valence-electron chi connectivity index (χ1n) is 6.36. The molecule has 0 bridgehead atoms. The summed E-state index contributed by atoms with van der Waals surface area (Å²) in [5.74, 6) is 0. The summed E-state index contributed by atoms with van der Waals surface area (Å²) < 4.78 is 27.7. The van der Waals surface area contributed by atoms with Crippen LogP contribution in [0.3, 0.4) is 0 Å². The number of nitrogens with two attached hydrogens (primary N) is 1. The quantitative estimate of drug-likeness (QED) is 0.846. The van der Waals surface area contributed by atoms with Gasteiger partial charge < -0.3 is 5.73 Å². The molecule has 0 aliphatic rings. The van der Waals surface area contributed by atoms with Crippen LogP contribution in [0.5, 0.6) is 0 Å². The lowest BCUT2D eigenvalue weighted by Crippen LogP contribution is -2.15. The highest BCUT2D eigenvalue weighted by molar-refractivity contribution is 7.92. The van der Waals surface area contributed by atoms with Gasteiger partial charge in [0.15, 0.2) is 0 Å². The molecular formula is C15H17ClN2O2S. The highest BCUT2D eigenvalue weighted by atomic mass is 35.5. The standard InChI is InChI=1S/C15H17ClN2O2S/c1-9-4-5-13(16)14(6-9)18-21(19,20)15-8-12(17)7-10(2)11(15)3/h4-8,18H,17H2,1-3H3. The lowest BCUT2D eigenvalue weighted by molar-refractivity contribution is 0.600. The third-order valence-electron chi connectivity index (χ3n) is 3.30. The van der Waals surface area contributed by atoms with E-state index in [0.29, 0.717) is 22.0 Å². The summed E-state index contributed by atoms with van der Waals surface area (Å²) in [7, 11) is -3.74. The SMILES string of the molecule is Cc1ccc(Cl)c(NS(=O)(=O)c2cc(N)cc(C)c2C)c1. The molecule has 2 aromatic rings. The van der Waals surface area contributed by atoms with Gasteiger partial charge in [0.05, 0.1) is 15.6 Å². The van der Waals surface area contributed by atoms with Gasteiger partial charge in [-0.15, -0.1) is 0 Å². The van der Waals surface area contributed by atoms with E-state index in [-0.39, 0.29) is 4.90 Å². The Labute approximate surface area is 130 Å². The van der Waals surface area contributed by atoms with Gasteiger partial charge in [-0.3, -0.25) is 4.72 Å². The molecule has 0 fully saturated rings. The Morgan fingerprint density at radius 3 is 2.43 bits per heavy atom. The zero-order chi connectivity index (χ0) is 15.8. The molecule has 0 atom stereocenters.